The lowest BCUT2D eigenvalue weighted by Gasteiger charge is -1.94. The second-order valence-corrected chi connectivity index (χ2v) is 2.32. The largest absolute Gasteiger partial charge is 0.283 e. The first-order valence-electron chi connectivity index (χ1n) is 2.84. The highest BCUT2D eigenvalue weighted by atomic mass is 35.5. The molecule has 0 aliphatic heterocycles. The highest BCUT2D eigenvalue weighted by Gasteiger charge is 2.23. The lowest BCUT2D eigenvalue weighted by molar-refractivity contribution is 0.144. The number of H-pyrrole nitrogens is 1. The molecule has 0 aliphatic carbocycles. The van der Waals surface area contributed by atoms with E-state index < -0.39 is 29.3 Å². The van der Waals surface area contributed by atoms with E-state index in [1.165, 1.54) is 0 Å². The lowest BCUT2D eigenvalue weighted by Crippen LogP contribution is -1.85. The molecule has 0 fully saturated rings. The SMILES string of the molecule is FC(F)c1n[nH]c(C(F)F)c1Cl. The Morgan fingerprint density at radius 2 is 1.75 bits per heavy atom. The van der Waals surface area contributed by atoms with Crippen LogP contribution in [0.5, 0.6) is 0 Å². The maximum atomic E-state index is 11.9. The maximum Gasteiger partial charge on any atom is 0.283 e. The minimum Gasteiger partial charge on any atom is -0.275 e. The van der Waals surface area contributed by atoms with Gasteiger partial charge in [-0.25, -0.2) is 17.6 Å². The Labute approximate surface area is 69.5 Å². The summed E-state index contributed by atoms with van der Waals surface area (Å²) in [6.45, 7) is 0. The highest BCUT2D eigenvalue weighted by molar-refractivity contribution is 6.31. The Morgan fingerprint density at radius 3 is 2.00 bits per heavy atom. The van der Waals surface area contributed by atoms with E-state index in [4.69, 9.17) is 11.6 Å². The first-order chi connectivity index (χ1) is 5.54. The molecule has 7 heteroatoms. The second kappa shape index (κ2) is 3.30. The van der Waals surface area contributed by atoms with E-state index in [1.807, 2.05) is 0 Å². The molecular weight excluding hydrogens is 200 g/mol. The summed E-state index contributed by atoms with van der Waals surface area (Å²) < 4.78 is 47.6. The fraction of sp³-hybridized carbons (Fsp3) is 0.400. The molecule has 68 valence electrons. The van der Waals surface area contributed by atoms with Crippen LogP contribution in [0.2, 0.25) is 5.02 Å². The zero-order valence-corrected chi connectivity index (χ0v) is 6.25. The summed E-state index contributed by atoms with van der Waals surface area (Å²) in [5.74, 6) is 0. The van der Waals surface area contributed by atoms with Gasteiger partial charge in [0, 0.05) is 0 Å². The number of aromatic nitrogens is 2. The van der Waals surface area contributed by atoms with Crippen molar-refractivity contribution in [1.82, 2.24) is 10.2 Å². The van der Waals surface area contributed by atoms with Gasteiger partial charge in [-0.3, -0.25) is 5.10 Å². The number of alkyl halides is 4. The van der Waals surface area contributed by atoms with E-state index in [0.717, 1.165) is 0 Å². The van der Waals surface area contributed by atoms with Crippen LogP contribution < -0.4 is 0 Å². The maximum absolute atomic E-state index is 11.9. The third-order valence-corrected chi connectivity index (χ3v) is 1.58. The van der Waals surface area contributed by atoms with Gasteiger partial charge in [-0.2, -0.15) is 5.10 Å². The third-order valence-electron chi connectivity index (χ3n) is 1.18. The van der Waals surface area contributed by atoms with Crippen molar-refractivity contribution in [3.8, 4) is 0 Å². The average Bonchev–Trinajstić information content (AvgIpc) is 2.30. The minimum absolute atomic E-state index is 0.694. The van der Waals surface area contributed by atoms with Gasteiger partial charge >= 0.3 is 0 Å². The molecule has 0 unspecified atom stereocenters. The number of hydrogen-bond acceptors (Lipinski definition) is 1. The van der Waals surface area contributed by atoms with Gasteiger partial charge in [0.05, 0.1) is 5.02 Å². The molecule has 12 heavy (non-hydrogen) atoms. The van der Waals surface area contributed by atoms with Crippen LogP contribution in [0, 0.1) is 0 Å². The van der Waals surface area contributed by atoms with Crippen molar-refractivity contribution in [2.75, 3.05) is 0 Å². The number of aromatic amines is 1. The fourth-order valence-electron chi connectivity index (χ4n) is 0.646. The van der Waals surface area contributed by atoms with Gasteiger partial charge in [0.25, 0.3) is 12.9 Å². The zero-order valence-electron chi connectivity index (χ0n) is 5.49. The van der Waals surface area contributed by atoms with E-state index >= 15 is 0 Å². The van der Waals surface area contributed by atoms with Gasteiger partial charge in [0.15, 0.2) is 0 Å². The van der Waals surface area contributed by atoms with E-state index in [1.54, 1.807) is 5.10 Å². The molecule has 0 atom stereocenters. The first-order valence-corrected chi connectivity index (χ1v) is 3.21. The summed E-state index contributed by atoms with van der Waals surface area (Å²) in [4.78, 5) is 0. The van der Waals surface area contributed by atoms with Crippen LogP contribution in [-0.2, 0) is 0 Å². The molecule has 0 amide bonds. The number of nitrogens with one attached hydrogen (secondary N) is 1. The van der Waals surface area contributed by atoms with Crippen LogP contribution in [0.1, 0.15) is 24.2 Å². The summed E-state index contributed by atoms with van der Waals surface area (Å²) in [5.41, 5.74) is -1.61. The predicted molar refractivity (Wildman–Crippen MR) is 33.5 cm³/mol. The van der Waals surface area contributed by atoms with Crippen LogP contribution in [-0.4, -0.2) is 10.2 Å². The van der Waals surface area contributed by atoms with E-state index in [9.17, 15) is 17.6 Å². The van der Waals surface area contributed by atoms with Crippen molar-refractivity contribution in [1.29, 1.82) is 0 Å². The van der Waals surface area contributed by atoms with Crippen LogP contribution in [0.25, 0.3) is 0 Å². The van der Waals surface area contributed by atoms with Crippen molar-refractivity contribution < 1.29 is 17.6 Å². The Morgan fingerprint density at radius 1 is 1.17 bits per heavy atom. The zero-order chi connectivity index (χ0) is 9.30. The molecule has 0 aromatic carbocycles. The van der Waals surface area contributed by atoms with Gasteiger partial charge < -0.3 is 0 Å². The Kier molecular flexibility index (Phi) is 2.56. The summed E-state index contributed by atoms with van der Waals surface area (Å²) in [6, 6.07) is 0. The average molecular weight is 203 g/mol. The van der Waals surface area contributed by atoms with Crippen molar-refractivity contribution in [2.24, 2.45) is 0 Å². The normalized spacial score (nSPS) is 11.6. The summed E-state index contributed by atoms with van der Waals surface area (Å²) in [6.07, 6.45) is -5.86. The van der Waals surface area contributed by atoms with Crippen LogP contribution in [0.15, 0.2) is 0 Å². The van der Waals surface area contributed by atoms with E-state index in [-0.39, 0.29) is 0 Å². The number of hydrogen-bond donors (Lipinski definition) is 1. The molecule has 0 radical (unpaired) electrons. The lowest BCUT2D eigenvalue weighted by atomic mass is 10.3. The van der Waals surface area contributed by atoms with Crippen LogP contribution in [0.4, 0.5) is 17.6 Å². The Bertz CT molecular complexity index is 247. The molecule has 0 bridgehead atoms. The summed E-state index contributed by atoms with van der Waals surface area (Å²) in [7, 11) is 0. The van der Waals surface area contributed by atoms with Crippen LogP contribution in [0.3, 0.4) is 0 Å². The summed E-state index contributed by atoms with van der Waals surface area (Å²) >= 11 is 5.16. The smallest absolute Gasteiger partial charge is 0.275 e. The molecule has 0 aliphatic rings. The van der Waals surface area contributed by atoms with Gasteiger partial charge in [-0.15, -0.1) is 0 Å². The minimum atomic E-state index is -2.94. The molecule has 1 N–H and O–H groups in total. The van der Waals surface area contributed by atoms with Crippen molar-refractivity contribution >= 4 is 11.6 Å². The van der Waals surface area contributed by atoms with Gasteiger partial charge in [-0.1, -0.05) is 11.6 Å². The molecule has 0 spiro atoms. The summed E-state index contributed by atoms with van der Waals surface area (Å²) in [5, 5.41) is 4.00. The van der Waals surface area contributed by atoms with Crippen molar-refractivity contribution in [3.63, 3.8) is 0 Å². The topological polar surface area (TPSA) is 28.7 Å². The third kappa shape index (κ3) is 1.52. The molecule has 2 nitrogen and oxygen atoms in total. The van der Waals surface area contributed by atoms with Crippen molar-refractivity contribution in [3.05, 3.63) is 16.4 Å². The molecule has 1 aromatic heterocycles. The highest BCUT2D eigenvalue weighted by Crippen LogP contribution is 2.32. The molecule has 0 saturated carbocycles. The van der Waals surface area contributed by atoms with Crippen LogP contribution >= 0.6 is 11.6 Å². The fourth-order valence-corrected chi connectivity index (χ4v) is 0.895. The van der Waals surface area contributed by atoms with E-state index in [2.05, 4.69) is 5.10 Å². The quantitative estimate of drug-likeness (QED) is 0.734. The molecule has 1 rings (SSSR count). The number of nitrogens with zero attached hydrogens (tertiary/aromatic N) is 1. The number of rotatable bonds is 2. The molecule has 1 aromatic rings. The molecule has 0 saturated heterocycles. The van der Waals surface area contributed by atoms with Gasteiger partial charge in [0.1, 0.15) is 11.4 Å². The van der Waals surface area contributed by atoms with Gasteiger partial charge in [0.2, 0.25) is 0 Å². The molecule has 1 heterocycles. The predicted octanol–water partition coefficient (Wildman–Crippen LogP) is 2.94. The molecular formula is C5H3ClF4N2. The number of halogens is 5. The first kappa shape index (κ1) is 9.31. The monoisotopic (exact) mass is 202 g/mol. The second-order valence-electron chi connectivity index (χ2n) is 1.94. The Balaban J connectivity index is 3.04. The van der Waals surface area contributed by atoms with Crippen molar-refractivity contribution in [2.45, 2.75) is 12.9 Å². The van der Waals surface area contributed by atoms with Gasteiger partial charge in [-0.05, 0) is 0 Å². The van der Waals surface area contributed by atoms with E-state index in [0.29, 0.717) is 0 Å². The standard InChI is InChI=1S/C5H3ClF4N2/c6-1-2(4(7)8)11-12-3(1)5(9)10/h4-5H,(H,11,12). The Hall–Kier alpha value is -0.780.